The van der Waals surface area contributed by atoms with Crippen LogP contribution >= 0.6 is 23.4 Å². The molecule has 0 spiro atoms. The van der Waals surface area contributed by atoms with E-state index in [1.54, 1.807) is 7.11 Å². The molecule has 1 aromatic carbocycles. The average molecular weight is 316 g/mol. The summed E-state index contributed by atoms with van der Waals surface area (Å²) in [6, 6.07) is 6.32. The van der Waals surface area contributed by atoms with Crippen LogP contribution in [0.5, 0.6) is 5.75 Å². The smallest absolute Gasteiger partial charge is 0.122 e. The Morgan fingerprint density at radius 2 is 2.10 bits per heavy atom. The maximum absolute atomic E-state index is 6.11. The van der Waals surface area contributed by atoms with Crippen LogP contribution in [0.15, 0.2) is 18.2 Å². The van der Waals surface area contributed by atoms with Crippen molar-refractivity contribution < 1.29 is 4.74 Å². The first-order valence-electron chi connectivity index (χ1n) is 7.34. The van der Waals surface area contributed by atoms with Gasteiger partial charge >= 0.3 is 0 Å². The first-order chi connectivity index (χ1) is 9.71. The molecule has 0 fully saturated rings. The highest BCUT2D eigenvalue weighted by atomic mass is 35.5. The van der Waals surface area contributed by atoms with Crippen molar-refractivity contribution in [3.05, 3.63) is 28.8 Å². The third-order valence-corrected chi connectivity index (χ3v) is 4.63. The molecule has 0 saturated heterocycles. The zero-order valence-electron chi connectivity index (χ0n) is 12.7. The Balaban J connectivity index is 2.68. The molecule has 4 heteroatoms. The van der Waals surface area contributed by atoms with Crippen molar-refractivity contribution >= 4 is 23.4 Å². The minimum Gasteiger partial charge on any atom is -0.496 e. The van der Waals surface area contributed by atoms with Gasteiger partial charge in [0.1, 0.15) is 5.75 Å². The zero-order valence-corrected chi connectivity index (χ0v) is 14.3. The molecule has 0 aliphatic heterocycles. The van der Waals surface area contributed by atoms with E-state index in [1.165, 1.54) is 17.7 Å². The lowest BCUT2D eigenvalue weighted by molar-refractivity contribution is 0.406. The Labute approximate surface area is 132 Å². The van der Waals surface area contributed by atoms with Gasteiger partial charge in [0.05, 0.1) is 7.11 Å². The van der Waals surface area contributed by atoms with Crippen LogP contribution < -0.4 is 10.1 Å². The summed E-state index contributed by atoms with van der Waals surface area (Å²) < 4.78 is 5.44. The van der Waals surface area contributed by atoms with E-state index in [1.807, 2.05) is 30.0 Å². The van der Waals surface area contributed by atoms with Crippen molar-refractivity contribution in [3.8, 4) is 5.75 Å². The van der Waals surface area contributed by atoms with Crippen LogP contribution in [-0.4, -0.2) is 31.2 Å². The Bertz CT molecular complexity index is 387. The molecule has 0 radical (unpaired) electrons. The maximum atomic E-state index is 6.11. The van der Waals surface area contributed by atoms with Crippen LogP contribution in [0.1, 0.15) is 32.3 Å². The summed E-state index contributed by atoms with van der Waals surface area (Å²) in [7, 11) is 1.72. The summed E-state index contributed by atoms with van der Waals surface area (Å²) in [4.78, 5) is 0. The first-order valence-corrected chi connectivity index (χ1v) is 8.88. The van der Waals surface area contributed by atoms with Crippen molar-refractivity contribution in [3.63, 3.8) is 0 Å². The number of rotatable bonds is 10. The molecule has 1 unspecified atom stereocenters. The second kappa shape index (κ2) is 10.4. The second-order valence-corrected chi connectivity index (χ2v) is 6.47. The first kappa shape index (κ1) is 17.7. The molecular weight excluding hydrogens is 290 g/mol. The fourth-order valence-corrected chi connectivity index (χ4v) is 3.25. The molecule has 0 amide bonds. The highest BCUT2D eigenvalue weighted by molar-refractivity contribution is 7.99. The summed E-state index contributed by atoms with van der Waals surface area (Å²) in [5.74, 6) is 3.28. The van der Waals surface area contributed by atoms with Crippen LogP contribution in [0.4, 0.5) is 0 Å². The predicted octanol–water partition coefficient (Wildman–Crippen LogP) is 4.40. The van der Waals surface area contributed by atoms with Crippen molar-refractivity contribution in [2.75, 3.05) is 25.2 Å². The standard InChI is InChI=1S/C16H26ClNOS/c1-4-8-18-15(12-20-9-5-2)11-13-10-14(17)6-7-16(13)19-3/h6-7,10,15,18H,4-5,8-9,11-12H2,1-3H3. The highest BCUT2D eigenvalue weighted by Crippen LogP contribution is 2.24. The molecule has 1 aromatic rings. The number of hydrogen-bond donors (Lipinski definition) is 1. The Kier molecular flexibility index (Phi) is 9.16. The number of thioether (sulfide) groups is 1. The maximum Gasteiger partial charge on any atom is 0.122 e. The van der Waals surface area contributed by atoms with Crippen molar-refractivity contribution in [1.29, 1.82) is 0 Å². The van der Waals surface area contributed by atoms with Gasteiger partial charge in [-0.05, 0) is 55.3 Å². The van der Waals surface area contributed by atoms with Gasteiger partial charge in [0, 0.05) is 16.8 Å². The molecule has 20 heavy (non-hydrogen) atoms. The van der Waals surface area contributed by atoms with E-state index in [4.69, 9.17) is 16.3 Å². The van der Waals surface area contributed by atoms with E-state index >= 15 is 0 Å². The molecule has 0 aliphatic rings. The molecule has 0 bridgehead atoms. The van der Waals surface area contributed by atoms with E-state index < -0.39 is 0 Å². The number of nitrogens with one attached hydrogen (secondary N) is 1. The van der Waals surface area contributed by atoms with E-state index in [0.717, 1.165) is 35.9 Å². The normalized spacial score (nSPS) is 12.4. The monoisotopic (exact) mass is 315 g/mol. The van der Waals surface area contributed by atoms with Gasteiger partial charge in [0.15, 0.2) is 0 Å². The minimum atomic E-state index is 0.471. The molecule has 1 rings (SSSR count). The molecule has 114 valence electrons. The van der Waals surface area contributed by atoms with Crippen molar-refractivity contribution in [1.82, 2.24) is 5.32 Å². The highest BCUT2D eigenvalue weighted by Gasteiger charge is 2.12. The summed E-state index contributed by atoms with van der Waals surface area (Å²) in [6.45, 7) is 5.48. The topological polar surface area (TPSA) is 21.3 Å². The van der Waals surface area contributed by atoms with Crippen molar-refractivity contribution in [2.45, 2.75) is 39.2 Å². The second-order valence-electron chi connectivity index (χ2n) is 4.89. The lowest BCUT2D eigenvalue weighted by Crippen LogP contribution is -2.34. The zero-order chi connectivity index (χ0) is 14.8. The fourth-order valence-electron chi connectivity index (χ4n) is 2.08. The quantitative estimate of drug-likeness (QED) is 0.646. The van der Waals surface area contributed by atoms with Gasteiger partial charge < -0.3 is 10.1 Å². The van der Waals surface area contributed by atoms with Crippen LogP contribution in [-0.2, 0) is 6.42 Å². The van der Waals surface area contributed by atoms with Gasteiger partial charge in [-0.3, -0.25) is 0 Å². The van der Waals surface area contributed by atoms with Crippen LogP contribution in [0.3, 0.4) is 0 Å². The van der Waals surface area contributed by atoms with E-state index in [9.17, 15) is 0 Å². The molecule has 0 aromatic heterocycles. The van der Waals surface area contributed by atoms with E-state index in [0.29, 0.717) is 6.04 Å². The SMILES string of the molecule is CCCNC(CSCCC)Cc1cc(Cl)ccc1OC. The Morgan fingerprint density at radius 3 is 2.75 bits per heavy atom. The molecule has 0 saturated carbocycles. The van der Waals surface area contributed by atoms with Gasteiger partial charge in [-0.25, -0.2) is 0 Å². The number of methoxy groups -OCH3 is 1. The molecule has 1 N–H and O–H groups in total. The lowest BCUT2D eigenvalue weighted by Gasteiger charge is -2.20. The van der Waals surface area contributed by atoms with Crippen LogP contribution in [0, 0.1) is 0 Å². The summed E-state index contributed by atoms with van der Waals surface area (Å²) >= 11 is 8.12. The molecule has 2 nitrogen and oxygen atoms in total. The number of halogens is 1. The third-order valence-electron chi connectivity index (χ3n) is 3.06. The van der Waals surface area contributed by atoms with Gasteiger partial charge in [-0.2, -0.15) is 11.8 Å². The van der Waals surface area contributed by atoms with Crippen LogP contribution in [0.25, 0.3) is 0 Å². The molecule has 0 aliphatic carbocycles. The van der Waals surface area contributed by atoms with Gasteiger partial charge in [-0.15, -0.1) is 0 Å². The number of hydrogen-bond acceptors (Lipinski definition) is 3. The van der Waals surface area contributed by atoms with E-state index in [2.05, 4.69) is 19.2 Å². The largest absolute Gasteiger partial charge is 0.496 e. The molecular formula is C16H26ClNOS. The number of benzene rings is 1. The fraction of sp³-hybridized carbons (Fsp3) is 0.625. The van der Waals surface area contributed by atoms with Gasteiger partial charge in [-0.1, -0.05) is 25.4 Å². The Morgan fingerprint density at radius 1 is 1.30 bits per heavy atom. The molecule has 1 atom stereocenters. The minimum absolute atomic E-state index is 0.471. The summed E-state index contributed by atoms with van der Waals surface area (Å²) in [5.41, 5.74) is 1.19. The lowest BCUT2D eigenvalue weighted by atomic mass is 10.1. The van der Waals surface area contributed by atoms with Gasteiger partial charge in [0.25, 0.3) is 0 Å². The van der Waals surface area contributed by atoms with Gasteiger partial charge in [0.2, 0.25) is 0 Å². The van der Waals surface area contributed by atoms with Crippen molar-refractivity contribution in [2.24, 2.45) is 0 Å². The Hall–Kier alpha value is -0.380. The van der Waals surface area contributed by atoms with E-state index in [-0.39, 0.29) is 0 Å². The van der Waals surface area contributed by atoms with Crippen LogP contribution in [0.2, 0.25) is 5.02 Å². The summed E-state index contributed by atoms with van der Waals surface area (Å²) in [6.07, 6.45) is 3.34. The number of ether oxygens (including phenoxy) is 1. The molecule has 0 heterocycles. The predicted molar refractivity (Wildman–Crippen MR) is 91.4 cm³/mol. The third kappa shape index (κ3) is 6.38. The summed E-state index contributed by atoms with van der Waals surface area (Å²) in [5, 5.41) is 4.40. The average Bonchev–Trinajstić information content (AvgIpc) is 2.45.